The van der Waals surface area contributed by atoms with E-state index in [1.807, 2.05) is 0 Å². The van der Waals surface area contributed by atoms with Crippen molar-refractivity contribution in [1.29, 1.82) is 0 Å². The first-order valence-electron chi connectivity index (χ1n) is 7.25. The highest BCUT2D eigenvalue weighted by Gasteiger charge is 2.13. The van der Waals surface area contributed by atoms with E-state index in [0.29, 0.717) is 16.9 Å². The van der Waals surface area contributed by atoms with Crippen LogP contribution in [0, 0.1) is 5.82 Å². The highest BCUT2D eigenvalue weighted by molar-refractivity contribution is 7.89. The van der Waals surface area contributed by atoms with Gasteiger partial charge in [0.25, 0.3) is 0 Å². The molecule has 2 aromatic rings. The Balaban J connectivity index is 2.27. The van der Waals surface area contributed by atoms with Crippen LogP contribution in [0.2, 0.25) is 0 Å². The third kappa shape index (κ3) is 5.13. The lowest BCUT2D eigenvalue weighted by Crippen LogP contribution is -2.17. The lowest BCUT2D eigenvalue weighted by atomic mass is 10.2. The molecule has 25 heavy (non-hydrogen) atoms. The highest BCUT2D eigenvalue weighted by Crippen LogP contribution is 2.27. The normalized spacial score (nSPS) is 11.5. The number of carbonyl (C=O) groups is 1. The highest BCUT2D eigenvalue weighted by atomic mass is 32.2. The maximum atomic E-state index is 13.1. The number of halogens is 1. The fraction of sp³-hybridized carbons (Fsp3) is 0.118. The maximum absolute atomic E-state index is 13.1. The Kier molecular flexibility index (Phi) is 5.55. The Labute approximate surface area is 145 Å². The van der Waals surface area contributed by atoms with Crippen LogP contribution in [0.3, 0.4) is 0 Å². The zero-order valence-electron chi connectivity index (χ0n) is 13.7. The van der Waals surface area contributed by atoms with Gasteiger partial charge in [-0.1, -0.05) is 12.1 Å². The van der Waals surface area contributed by atoms with Crippen LogP contribution in [0.1, 0.15) is 5.56 Å². The van der Waals surface area contributed by atoms with Gasteiger partial charge in [0.05, 0.1) is 16.3 Å². The van der Waals surface area contributed by atoms with Gasteiger partial charge >= 0.3 is 0 Å². The third-order valence-corrected chi connectivity index (χ3v) is 4.22. The molecule has 0 bridgehead atoms. The Morgan fingerprint density at radius 1 is 1.20 bits per heavy atom. The van der Waals surface area contributed by atoms with Gasteiger partial charge in [-0.15, -0.1) is 0 Å². The molecule has 0 radical (unpaired) electrons. The number of amides is 1. The fourth-order valence-corrected chi connectivity index (χ4v) is 2.68. The van der Waals surface area contributed by atoms with Crippen LogP contribution in [-0.2, 0) is 14.8 Å². The summed E-state index contributed by atoms with van der Waals surface area (Å²) in [6.07, 6.45) is 2.69. The number of anilines is 2. The molecule has 6 nitrogen and oxygen atoms in total. The number of nitrogens with one attached hydrogen (secondary N) is 1. The first-order valence-corrected chi connectivity index (χ1v) is 8.80. The summed E-state index contributed by atoms with van der Waals surface area (Å²) in [5.74, 6) is -0.891. The molecule has 2 rings (SSSR count). The minimum atomic E-state index is -3.89. The Morgan fingerprint density at radius 2 is 1.92 bits per heavy atom. The van der Waals surface area contributed by atoms with Gasteiger partial charge in [0.2, 0.25) is 15.9 Å². The van der Waals surface area contributed by atoms with E-state index in [0.717, 1.165) is 0 Å². The first kappa shape index (κ1) is 18.6. The molecule has 3 N–H and O–H groups in total. The van der Waals surface area contributed by atoms with Crippen molar-refractivity contribution in [2.45, 2.75) is 4.90 Å². The Hall–Kier alpha value is -2.71. The Bertz CT molecular complexity index is 924. The van der Waals surface area contributed by atoms with E-state index in [9.17, 15) is 17.6 Å². The molecule has 0 atom stereocenters. The topological polar surface area (TPSA) is 92.5 Å². The van der Waals surface area contributed by atoms with Gasteiger partial charge in [0, 0.05) is 20.2 Å². The van der Waals surface area contributed by atoms with Gasteiger partial charge in [-0.25, -0.2) is 17.9 Å². The summed E-state index contributed by atoms with van der Waals surface area (Å²) in [5.41, 5.74) is 1.44. The van der Waals surface area contributed by atoms with E-state index in [1.54, 1.807) is 31.1 Å². The standard InChI is InChI=1S/C17H18FN3O3S/c1-21(2)16-8-7-14(25(19,23)24)11-15(16)20-17(22)9-6-12-4-3-5-13(18)10-12/h3-11H,1-2H3,(H,20,22)(H2,19,23,24)/b9-6+. The Morgan fingerprint density at radius 3 is 2.52 bits per heavy atom. The summed E-state index contributed by atoms with van der Waals surface area (Å²) in [6, 6.07) is 9.98. The summed E-state index contributed by atoms with van der Waals surface area (Å²) in [5, 5.41) is 7.74. The van der Waals surface area contributed by atoms with Crippen molar-refractivity contribution in [1.82, 2.24) is 0 Å². The molecular weight excluding hydrogens is 345 g/mol. The largest absolute Gasteiger partial charge is 0.376 e. The molecule has 1 amide bonds. The van der Waals surface area contributed by atoms with Gasteiger partial charge in [0.15, 0.2) is 0 Å². The molecule has 132 valence electrons. The number of hydrogen-bond donors (Lipinski definition) is 2. The first-order chi connectivity index (χ1) is 11.7. The SMILES string of the molecule is CN(C)c1ccc(S(N)(=O)=O)cc1NC(=O)/C=C/c1cccc(F)c1. The number of hydrogen-bond acceptors (Lipinski definition) is 4. The smallest absolute Gasteiger partial charge is 0.248 e. The maximum Gasteiger partial charge on any atom is 0.248 e. The molecule has 0 aliphatic heterocycles. The van der Waals surface area contributed by atoms with Gasteiger partial charge in [0.1, 0.15) is 5.82 Å². The molecule has 2 aromatic carbocycles. The monoisotopic (exact) mass is 363 g/mol. The van der Waals surface area contributed by atoms with Crippen LogP contribution in [0.15, 0.2) is 53.4 Å². The number of primary sulfonamides is 1. The second-order valence-corrected chi connectivity index (χ2v) is 7.06. The summed E-state index contributed by atoms with van der Waals surface area (Å²) in [7, 11) is -0.385. The average molecular weight is 363 g/mol. The predicted octanol–water partition coefficient (Wildman–Crippen LogP) is 2.19. The molecule has 0 aromatic heterocycles. The van der Waals surface area contributed by atoms with Crippen molar-refractivity contribution in [2.75, 3.05) is 24.3 Å². The number of nitrogens with two attached hydrogens (primary N) is 1. The number of benzene rings is 2. The molecule has 0 fully saturated rings. The third-order valence-electron chi connectivity index (χ3n) is 3.31. The predicted molar refractivity (Wildman–Crippen MR) is 96.2 cm³/mol. The molecule has 8 heteroatoms. The van der Waals surface area contributed by atoms with Gasteiger partial charge in [-0.05, 0) is 42.0 Å². The van der Waals surface area contributed by atoms with Crippen molar-refractivity contribution in [3.63, 3.8) is 0 Å². The van der Waals surface area contributed by atoms with Crippen molar-refractivity contribution < 1.29 is 17.6 Å². The second kappa shape index (κ2) is 7.45. The van der Waals surface area contributed by atoms with E-state index in [2.05, 4.69) is 5.32 Å². The summed E-state index contributed by atoms with van der Waals surface area (Å²) >= 11 is 0. The van der Waals surface area contributed by atoms with Crippen molar-refractivity contribution >= 4 is 33.4 Å². The van der Waals surface area contributed by atoms with E-state index >= 15 is 0 Å². The van der Waals surface area contributed by atoms with E-state index in [4.69, 9.17) is 5.14 Å². The van der Waals surface area contributed by atoms with Gasteiger partial charge in [-0.3, -0.25) is 4.79 Å². The molecule has 0 saturated carbocycles. The van der Waals surface area contributed by atoms with Crippen molar-refractivity contribution in [3.05, 3.63) is 59.9 Å². The average Bonchev–Trinajstić information content (AvgIpc) is 2.52. The number of nitrogens with zero attached hydrogens (tertiary/aromatic N) is 1. The number of sulfonamides is 1. The summed E-state index contributed by atoms with van der Waals surface area (Å²) in [6.45, 7) is 0. The minimum absolute atomic E-state index is 0.109. The molecule has 0 aliphatic rings. The van der Waals surface area contributed by atoms with Crippen LogP contribution in [0.5, 0.6) is 0 Å². The number of rotatable bonds is 5. The van der Waals surface area contributed by atoms with Crippen LogP contribution in [-0.4, -0.2) is 28.4 Å². The second-order valence-electron chi connectivity index (χ2n) is 5.50. The van der Waals surface area contributed by atoms with E-state index < -0.39 is 21.7 Å². The van der Waals surface area contributed by atoms with Crippen LogP contribution < -0.4 is 15.4 Å². The number of carbonyl (C=O) groups excluding carboxylic acids is 1. The van der Waals surface area contributed by atoms with Gasteiger partial charge < -0.3 is 10.2 Å². The lowest BCUT2D eigenvalue weighted by Gasteiger charge is -2.18. The zero-order valence-corrected chi connectivity index (χ0v) is 14.5. The molecule has 0 spiro atoms. The quantitative estimate of drug-likeness (QED) is 0.797. The van der Waals surface area contributed by atoms with Crippen molar-refractivity contribution in [2.24, 2.45) is 5.14 Å². The molecular formula is C17H18FN3O3S. The van der Waals surface area contributed by atoms with Gasteiger partial charge in [-0.2, -0.15) is 0 Å². The molecule has 0 unspecified atom stereocenters. The van der Waals surface area contributed by atoms with Crippen molar-refractivity contribution in [3.8, 4) is 0 Å². The fourth-order valence-electron chi connectivity index (χ4n) is 2.14. The van der Waals surface area contributed by atoms with Crippen LogP contribution >= 0.6 is 0 Å². The molecule has 0 saturated heterocycles. The van der Waals surface area contributed by atoms with E-state index in [1.165, 1.54) is 42.5 Å². The summed E-state index contributed by atoms with van der Waals surface area (Å²) < 4.78 is 36.1. The lowest BCUT2D eigenvalue weighted by molar-refractivity contribution is -0.111. The summed E-state index contributed by atoms with van der Waals surface area (Å²) in [4.78, 5) is 13.7. The minimum Gasteiger partial charge on any atom is -0.376 e. The molecule has 0 aliphatic carbocycles. The molecule has 0 heterocycles. The van der Waals surface area contributed by atoms with E-state index in [-0.39, 0.29) is 4.90 Å². The zero-order chi connectivity index (χ0) is 18.6. The van der Waals surface area contributed by atoms with Crippen LogP contribution in [0.4, 0.5) is 15.8 Å². The van der Waals surface area contributed by atoms with Crippen LogP contribution in [0.25, 0.3) is 6.08 Å².